The molecule has 1 heterocycles. The van der Waals surface area contributed by atoms with Crippen molar-refractivity contribution < 1.29 is 4.79 Å². The Labute approximate surface area is 177 Å². The number of anilines is 1. The average molecular weight is 493 g/mol. The molecule has 0 atom stereocenters. The Bertz CT molecular complexity index is 787. The Hall–Kier alpha value is -1.47. The summed E-state index contributed by atoms with van der Waals surface area (Å²) in [4.78, 5) is 16.9. The molecule has 0 spiro atoms. The van der Waals surface area contributed by atoms with Crippen molar-refractivity contribution in [1.82, 2.24) is 9.80 Å². The molecular formula is C21H23Br2N3O. The van der Waals surface area contributed by atoms with Crippen LogP contribution >= 0.6 is 31.9 Å². The second-order valence-corrected chi connectivity index (χ2v) is 8.33. The Morgan fingerprint density at radius 3 is 2.41 bits per heavy atom. The van der Waals surface area contributed by atoms with Crippen LogP contribution < -0.4 is 5.32 Å². The van der Waals surface area contributed by atoms with E-state index in [0.29, 0.717) is 6.54 Å². The normalized spacial score (nSPS) is 15.9. The summed E-state index contributed by atoms with van der Waals surface area (Å²) in [6.07, 6.45) is 4.37. The molecule has 1 aliphatic rings. The van der Waals surface area contributed by atoms with Crippen molar-refractivity contribution in [1.29, 1.82) is 0 Å². The molecule has 142 valence electrons. The van der Waals surface area contributed by atoms with Crippen molar-refractivity contribution >= 4 is 49.5 Å². The number of carbonyl (C=O) groups is 1. The molecule has 1 fully saturated rings. The topological polar surface area (TPSA) is 35.6 Å². The van der Waals surface area contributed by atoms with Crippen molar-refractivity contribution in [3.05, 3.63) is 69.1 Å². The van der Waals surface area contributed by atoms with Crippen molar-refractivity contribution in [3.63, 3.8) is 0 Å². The van der Waals surface area contributed by atoms with Crippen LogP contribution in [0.3, 0.4) is 0 Å². The summed E-state index contributed by atoms with van der Waals surface area (Å²) in [6, 6.07) is 16.1. The van der Waals surface area contributed by atoms with Gasteiger partial charge in [-0.05, 0) is 39.7 Å². The minimum Gasteiger partial charge on any atom is -0.324 e. The highest BCUT2D eigenvalue weighted by molar-refractivity contribution is 9.11. The van der Waals surface area contributed by atoms with E-state index < -0.39 is 0 Å². The predicted octanol–water partition coefficient (Wildman–Crippen LogP) is 4.48. The highest BCUT2D eigenvalue weighted by Crippen LogP contribution is 2.26. The number of hydrogen-bond donors (Lipinski definition) is 1. The number of nitrogens with zero attached hydrogens (tertiary/aromatic N) is 2. The third-order valence-corrected chi connectivity index (χ3v) is 5.66. The molecular weight excluding hydrogens is 470 g/mol. The summed E-state index contributed by atoms with van der Waals surface area (Å²) >= 11 is 6.90. The molecule has 0 radical (unpaired) electrons. The predicted molar refractivity (Wildman–Crippen MR) is 119 cm³/mol. The number of rotatable bonds is 6. The van der Waals surface area contributed by atoms with Crippen LogP contribution in [0.5, 0.6) is 0 Å². The molecule has 4 nitrogen and oxygen atoms in total. The lowest BCUT2D eigenvalue weighted by molar-refractivity contribution is -0.117. The summed E-state index contributed by atoms with van der Waals surface area (Å²) in [7, 11) is 0. The maximum absolute atomic E-state index is 12.3. The van der Waals surface area contributed by atoms with E-state index in [1.165, 1.54) is 5.56 Å². The third kappa shape index (κ3) is 6.57. The van der Waals surface area contributed by atoms with E-state index in [4.69, 9.17) is 0 Å². The van der Waals surface area contributed by atoms with E-state index in [1.54, 1.807) is 0 Å². The van der Waals surface area contributed by atoms with E-state index >= 15 is 0 Å². The summed E-state index contributed by atoms with van der Waals surface area (Å²) in [6.45, 7) is 5.15. The maximum atomic E-state index is 12.3. The Morgan fingerprint density at radius 1 is 1.00 bits per heavy atom. The first-order chi connectivity index (χ1) is 13.1. The lowest BCUT2D eigenvalue weighted by Crippen LogP contribution is -2.48. The molecule has 0 saturated carbocycles. The quantitative estimate of drug-likeness (QED) is 0.645. The van der Waals surface area contributed by atoms with Crippen LogP contribution in [0.15, 0.2) is 63.6 Å². The molecule has 1 N–H and O–H groups in total. The van der Waals surface area contributed by atoms with Gasteiger partial charge in [-0.1, -0.05) is 58.4 Å². The third-order valence-electron chi connectivity index (χ3n) is 4.51. The molecule has 27 heavy (non-hydrogen) atoms. The first-order valence-electron chi connectivity index (χ1n) is 9.01. The first kappa shape index (κ1) is 20.3. The van der Waals surface area contributed by atoms with Crippen LogP contribution in [0.25, 0.3) is 6.08 Å². The van der Waals surface area contributed by atoms with Crippen LogP contribution in [0.1, 0.15) is 5.56 Å². The Morgan fingerprint density at radius 2 is 1.70 bits per heavy atom. The molecule has 2 aromatic carbocycles. The number of benzene rings is 2. The zero-order valence-electron chi connectivity index (χ0n) is 15.1. The monoisotopic (exact) mass is 491 g/mol. The van der Waals surface area contributed by atoms with Crippen LogP contribution in [0, 0.1) is 0 Å². The van der Waals surface area contributed by atoms with E-state index in [1.807, 2.05) is 24.3 Å². The van der Waals surface area contributed by atoms with Crippen LogP contribution in [0.4, 0.5) is 5.69 Å². The number of carbonyl (C=O) groups excluding carboxylic acids is 1. The highest BCUT2D eigenvalue weighted by Gasteiger charge is 2.18. The van der Waals surface area contributed by atoms with Gasteiger partial charge in [0.05, 0.1) is 12.2 Å². The zero-order chi connectivity index (χ0) is 19.1. The summed E-state index contributed by atoms with van der Waals surface area (Å²) < 4.78 is 1.85. The molecule has 6 heteroatoms. The molecule has 1 aliphatic heterocycles. The summed E-state index contributed by atoms with van der Waals surface area (Å²) in [5.74, 6) is 0.0236. The second-order valence-electron chi connectivity index (χ2n) is 6.56. The number of halogens is 2. The van der Waals surface area contributed by atoms with Gasteiger partial charge in [-0.25, -0.2) is 0 Å². The number of amides is 1. The van der Waals surface area contributed by atoms with Gasteiger partial charge in [0.2, 0.25) is 5.91 Å². The molecule has 0 bridgehead atoms. The highest BCUT2D eigenvalue weighted by atomic mass is 79.9. The van der Waals surface area contributed by atoms with Crippen molar-refractivity contribution in [2.24, 2.45) is 0 Å². The summed E-state index contributed by atoms with van der Waals surface area (Å²) in [5.41, 5.74) is 2.03. The van der Waals surface area contributed by atoms with Gasteiger partial charge in [0.15, 0.2) is 0 Å². The van der Waals surface area contributed by atoms with E-state index in [0.717, 1.165) is 47.4 Å². The van der Waals surface area contributed by atoms with Crippen molar-refractivity contribution in [2.75, 3.05) is 44.6 Å². The second kappa shape index (κ2) is 10.2. The average Bonchev–Trinajstić information content (AvgIpc) is 2.66. The van der Waals surface area contributed by atoms with Crippen LogP contribution in [0.2, 0.25) is 0 Å². The number of piperazine rings is 1. The lowest BCUT2D eigenvalue weighted by atomic mass is 10.2. The van der Waals surface area contributed by atoms with Crippen molar-refractivity contribution in [2.45, 2.75) is 0 Å². The fourth-order valence-corrected chi connectivity index (χ4v) is 4.16. The largest absolute Gasteiger partial charge is 0.324 e. The molecule has 0 aromatic heterocycles. The van der Waals surface area contributed by atoms with Crippen LogP contribution in [-0.4, -0.2) is 55.0 Å². The standard InChI is InChI=1S/C21H23Br2N3O/c22-18-8-9-20(19(23)15-18)24-21(27)16-26-13-11-25(12-14-26)10-4-7-17-5-2-1-3-6-17/h1-9,15H,10-14,16H2,(H,24,27). The van der Waals surface area contributed by atoms with Gasteiger partial charge >= 0.3 is 0 Å². The molecule has 2 aromatic rings. The van der Waals surface area contributed by atoms with Crippen LogP contribution in [-0.2, 0) is 4.79 Å². The van der Waals surface area contributed by atoms with Gasteiger partial charge in [-0.2, -0.15) is 0 Å². The van der Waals surface area contributed by atoms with Gasteiger partial charge in [-0.15, -0.1) is 0 Å². The fraction of sp³-hybridized carbons (Fsp3) is 0.286. The first-order valence-corrected chi connectivity index (χ1v) is 10.6. The van der Waals surface area contributed by atoms with Gasteiger partial charge in [-0.3, -0.25) is 14.6 Å². The van der Waals surface area contributed by atoms with Gasteiger partial charge in [0, 0.05) is 41.7 Å². The molecule has 0 unspecified atom stereocenters. The fourth-order valence-electron chi connectivity index (χ4n) is 3.02. The van der Waals surface area contributed by atoms with E-state index in [-0.39, 0.29) is 5.91 Å². The van der Waals surface area contributed by atoms with Crippen molar-refractivity contribution in [3.8, 4) is 0 Å². The minimum atomic E-state index is 0.0236. The molecule has 3 rings (SSSR count). The number of hydrogen-bond acceptors (Lipinski definition) is 3. The number of nitrogens with one attached hydrogen (secondary N) is 1. The Kier molecular flexibility index (Phi) is 7.64. The lowest BCUT2D eigenvalue weighted by Gasteiger charge is -2.33. The SMILES string of the molecule is O=C(CN1CCN(CC=Cc2ccccc2)CC1)Nc1ccc(Br)cc1Br. The molecule has 1 amide bonds. The van der Waals surface area contributed by atoms with E-state index in [2.05, 4.69) is 83.4 Å². The van der Waals surface area contributed by atoms with Gasteiger partial charge in [0.25, 0.3) is 0 Å². The molecule has 1 saturated heterocycles. The summed E-state index contributed by atoms with van der Waals surface area (Å²) in [5, 5.41) is 2.98. The molecule has 0 aliphatic carbocycles. The van der Waals surface area contributed by atoms with Gasteiger partial charge in [0.1, 0.15) is 0 Å². The Balaban J connectivity index is 1.40. The van der Waals surface area contributed by atoms with E-state index in [9.17, 15) is 4.79 Å². The van der Waals surface area contributed by atoms with Gasteiger partial charge < -0.3 is 5.32 Å². The smallest absolute Gasteiger partial charge is 0.238 e. The maximum Gasteiger partial charge on any atom is 0.238 e. The zero-order valence-corrected chi connectivity index (χ0v) is 18.2. The minimum absolute atomic E-state index is 0.0236.